The van der Waals surface area contributed by atoms with Gasteiger partial charge in [0.15, 0.2) is 5.76 Å². The molecule has 1 aromatic carbocycles. The van der Waals surface area contributed by atoms with Crippen LogP contribution in [0.25, 0.3) is 11.6 Å². The summed E-state index contributed by atoms with van der Waals surface area (Å²) < 4.78 is 5.54. The van der Waals surface area contributed by atoms with Crippen LogP contribution >= 0.6 is 11.3 Å². The number of anilines is 1. The van der Waals surface area contributed by atoms with Crippen LogP contribution in [0.4, 0.5) is 5.69 Å². The third-order valence-electron chi connectivity index (χ3n) is 4.81. The molecule has 0 bridgehead atoms. The molecular formula is C24H26N6O3S. The molecule has 34 heavy (non-hydrogen) atoms. The fourth-order valence-corrected chi connectivity index (χ4v) is 4.26. The number of carbonyl (C=O) groups is 2. The van der Waals surface area contributed by atoms with E-state index in [1.54, 1.807) is 24.3 Å². The minimum Gasteiger partial charge on any atom is -0.458 e. The summed E-state index contributed by atoms with van der Waals surface area (Å²) in [5.41, 5.74) is 0.124. The maximum atomic E-state index is 13.7. The highest BCUT2D eigenvalue weighted by Gasteiger charge is 2.35. The lowest BCUT2D eigenvalue weighted by Crippen LogP contribution is -2.50. The van der Waals surface area contributed by atoms with Gasteiger partial charge in [0.1, 0.15) is 18.3 Å². The van der Waals surface area contributed by atoms with E-state index in [-0.39, 0.29) is 24.2 Å². The molecular weight excluding hydrogens is 452 g/mol. The quantitative estimate of drug-likeness (QED) is 0.430. The zero-order chi connectivity index (χ0) is 24.3. The molecule has 0 fully saturated rings. The summed E-state index contributed by atoms with van der Waals surface area (Å²) in [6.07, 6.45) is 0. The summed E-state index contributed by atoms with van der Waals surface area (Å²) in [7, 11) is 0. The molecule has 4 aromatic rings. The van der Waals surface area contributed by atoms with Crippen LogP contribution in [0.2, 0.25) is 0 Å². The zero-order valence-corrected chi connectivity index (χ0v) is 20.2. The normalized spacial score (nSPS) is 12.4. The van der Waals surface area contributed by atoms with E-state index in [2.05, 4.69) is 20.7 Å². The molecule has 4 rings (SSSR count). The van der Waals surface area contributed by atoms with Crippen LogP contribution < -0.4 is 10.2 Å². The Morgan fingerprint density at radius 2 is 1.88 bits per heavy atom. The first-order valence-electron chi connectivity index (χ1n) is 10.8. The number of nitrogens with one attached hydrogen (secondary N) is 1. The lowest BCUT2D eigenvalue weighted by molar-refractivity contribution is -0.128. The highest BCUT2D eigenvalue weighted by molar-refractivity contribution is 7.10. The molecule has 0 saturated heterocycles. The Morgan fingerprint density at radius 3 is 2.50 bits per heavy atom. The molecule has 3 aromatic heterocycles. The molecule has 0 spiro atoms. The van der Waals surface area contributed by atoms with Gasteiger partial charge in [0.25, 0.3) is 5.91 Å². The predicted molar refractivity (Wildman–Crippen MR) is 129 cm³/mol. The van der Waals surface area contributed by atoms with E-state index in [9.17, 15) is 9.59 Å². The Labute approximate surface area is 201 Å². The number of rotatable bonds is 7. The summed E-state index contributed by atoms with van der Waals surface area (Å²) in [5.74, 6) is 0.851. The number of aromatic nitrogens is 4. The number of para-hydroxylation sites is 1. The second-order valence-electron chi connectivity index (χ2n) is 8.81. The number of hydrogen-bond acceptors (Lipinski definition) is 7. The van der Waals surface area contributed by atoms with Crippen molar-refractivity contribution in [2.75, 3.05) is 4.90 Å². The molecule has 2 amide bonds. The fourth-order valence-electron chi connectivity index (χ4n) is 3.44. The van der Waals surface area contributed by atoms with Crippen LogP contribution in [0.3, 0.4) is 0 Å². The van der Waals surface area contributed by atoms with Crippen molar-refractivity contribution >= 4 is 28.8 Å². The van der Waals surface area contributed by atoms with E-state index in [0.29, 0.717) is 11.4 Å². The van der Waals surface area contributed by atoms with Crippen molar-refractivity contribution in [3.63, 3.8) is 0 Å². The summed E-state index contributed by atoms with van der Waals surface area (Å²) in [4.78, 5) is 30.6. The van der Waals surface area contributed by atoms with Gasteiger partial charge in [-0.05, 0) is 68.6 Å². The average Bonchev–Trinajstić information content (AvgIpc) is 3.53. The number of thiophene rings is 1. The third-order valence-corrected chi connectivity index (χ3v) is 5.74. The molecule has 0 aliphatic carbocycles. The molecule has 0 unspecified atom stereocenters. The highest BCUT2D eigenvalue weighted by Crippen LogP contribution is 2.31. The number of carbonyl (C=O) groups excluding carboxylic acids is 2. The topological polar surface area (TPSA) is 106 Å². The standard InChI is InChI=1S/C24H26N6O3S/c1-16-12-13-18(33-16)22-26-28-29(27-22)15-20(31)30(17-9-6-5-7-10-17)21(19-11-8-14-34-19)23(32)25-24(2,3)4/h5-14,21H,15H2,1-4H3,(H,25,32)/t21-/m1/s1. The van der Waals surface area contributed by atoms with Gasteiger partial charge >= 0.3 is 0 Å². The van der Waals surface area contributed by atoms with Crippen molar-refractivity contribution in [2.24, 2.45) is 0 Å². The molecule has 0 aliphatic heterocycles. The van der Waals surface area contributed by atoms with Gasteiger partial charge in [-0.2, -0.15) is 4.80 Å². The SMILES string of the molecule is Cc1ccc(-c2nnn(CC(=O)N(c3ccccc3)[C@@H](C(=O)NC(C)(C)C)c3cccs3)n2)o1. The van der Waals surface area contributed by atoms with E-state index >= 15 is 0 Å². The molecule has 0 saturated carbocycles. The zero-order valence-electron chi connectivity index (χ0n) is 19.4. The van der Waals surface area contributed by atoms with Crippen molar-refractivity contribution in [3.8, 4) is 11.6 Å². The van der Waals surface area contributed by atoms with E-state index < -0.39 is 11.6 Å². The molecule has 0 radical (unpaired) electrons. The van der Waals surface area contributed by atoms with Crippen molar-refractivity contribution in [3.05, 3.63) is 70.6 Å². The summed E-state index contributed by atoms with van der Waals surface area (Å²) in [6.45, 7) is 7.33. The first-order valence-corrected chi connectivity index (χ1v) is 11.7. The van der Waals surface area contributed by atoms with Crippen LogP contribution in [0, 0.1) is 6.92 Å². The maximum Gasteiger partial charge on any atom is 0.251 e. The Balaban J connectivity index is 1.68. The molecule has 1 atom stereocenters. The number of benzene rings is 1. The number of furan rings is 1. The Morgan fingerprint density at radius 1 is 1.12 bits per heavy atom. The monoisotopic (exact) mass is 478 g/mol. The van der Waals surface area contributed by atoms with Gasteiger partial charge in [0, 0.05) is 16.1 Å². The molecule has 176 valence electrons. The van der Waals surface area contributed by atoms with Crippen LogP contribution in [0.1, 0.15) is 37.5 Å². The number of aryl methyl sites for hydroxylation is 1. The third kappa shape index (κ3) is 5.40. The number of nitrogens with zero attached hydrogens (tertiary/aromatic N) is 5. The van der Waals surface area contributed by atoms with Gasteiger partial charge in [-0.3, -0.25) is 14.5 Å². The summed E-state index contributed by atoms with van der Waals surface area (Å²) in [6, 6.07) is 15.5. The Hall–Kier alpha value is -3.79. The van der Waals surface area contributed by atoms with Crippen molar-refractivity contribution in [2.45, 2.75) is 45.8 Å². The first kappa shape index (κ1) is 23.4. The van der Waals surface area contributed by atoms with Gasteiger partial charge in [-0.25, -0.2) is 0 Å². The van der Waals surface area contributed by atoms with E-state index in [0.717, 1.165) is 10.6 Å². The van der Waals surface area contributed by atoms with E-state index in [1.165, 1.54) is 21.0 Å². The van der Waals surface area contributed by atoms with Crippen LogP contribution in [0.5, 0.6) is 0 Å². The molecule has 3 heterocycles. The van der Waals surface area contributed by atoms with Crippen molar-refractivity contribution in [1.29, 1.82) is 0 Å². The summed E-state index contributed by atoms with van der Waals surface area (Å²) >= 11 is 1.42. The maximum absolute atomic E-state index is 13.7. The smallest absolute Gasteiger partial charge is 0.251 e. The lowest BCUT2D eigenvalue weighted by Gasteiger charge is -2.32. The van der Waals surface area contributed by atoms with E-state index in [4.69, 9.17) is 4.42 Å². The van der Waals surface area contributed by atoms with Crippen molar-refractivity contribution in [1.82, 2.24) is 25.5 Å². The van der Waals surface area contributed by atoms with Gasteiger partial charge in [0.05, 0.1) is 0 Å². The average molecular weight is 479 g/mol. The second kappa shape index (κ2) is 9.60. The van der Waals surface area contributed by atoms with Gasteiger partial charge < -0.3 is 9.73 Å². The van der Waals surface area contributed by atoms with Gasteiger partial charge in [-0.1, -0.05) is 24.3 Å². The molecule has 9 nitrogen and oxygen atoms in total. The van der Waals surface area contributed by atoms with Crippen molar-refractivity contribution < 1.29 is 14.0 Å². The Kier molecular flexibility index (Phi) is 6.60. The molecule has 0 aliphatic rings. The van der Waals surface area contributed by atoms with Gasteiger partial charge in [-0.15, -0.1) is 21.5 Å². The van der Waals surface area contributed by atoms with Crippen LogP contribution in [0.15, 0.2) is 64.4 Å². The summed E-state index contributed by atoms with van der Waals surface area (Å²) in [5, 5.41) is 17.2. The van der Waals surface area contributed by atoms with Crippen LogP contribution in [-0.2, 0) is 16.1 Å². The fraction of sp³-hybridized carbons (Fsp3) is 0.292. The lowest BCUT2D eigenvalue weighted by atomic mass is 10.1. The number of amides is 2. The number of tetrazole rings is 1. The van der Waals surface area contributed by atoms with Gasteiger partial charge in [0.2, 0.25) is 11.7 Å². The second-order valence-corrected chi connectivity index (χ2v) is 9.79. The highest BCUT2D eigenvalue weighted by atomic mass is 32.1. The minimum absolute atomic E-state index is 0.202. The molecule has 1 N–H and O–H groups in total. The van der Waals surface area contributed by atoms with E-state index in [1.807, 2.05) is 63.4 Å². The predicted octanol–water partition coefficient (Wildman–Crippen LogP) is 3.99. The first-order chi connectivity index (χ1) is 16.2. The minimum atomic E-state index is -0.857. The largest absolute Gasteiger partial charge is 0.458 e. The Bertz CT molecular complexity index is 1260. The number of hydrogen-bond donors (Lipinski definition) is 1. The van der Waals surface area contributed by atoms with Crippen LogP contribution in [-0.4, -0.2) is 37.6 Å². The molecule has 10 heteroatoms.